The van der Waals surface area contributed by atoms with Crippen molar-refractivity contribution >= 4 is 71.5 Å². The Labute approximate surface area is 317 Å². The maximum absolute atomic E-state index is 6.42. The van der Waals surface area contributed by atoms with Gasteiger partial charge in [0.15, 0.2) is 5.58 Å². The van der Waals surface area contributed by atoms with Gasteiger partial charge >= 0.3 is 0 Å². The molecule has 4 nitrogen and oxygen atoms in total. The zero-order valence-corrected chi connectivity index (χ0v) is 29.8. The Kier molecular flexibility index (Phi) is 7.14. The zero-order valence-electron chi connectivity index (χ0n) is 29.8. The van der Waals surface area contributed by atoms with E-state index in [9.17, 15) is 0 Å². The van der Waals surface area contributed by atoms with Crippen LogP contribution in [0, 0.1) is 0 Å². The van der Waals surface area contributed by atoms with Crippen molar-refractivity contribution in [1.82, 2.24) is 9.55 Å². The molecule has 9 aromatic carbocycles. The van der Waals surface area contributed by atoms with E-state index in [1.165, 1.54) is 38.2 Å². The van der Waals surface area contributed by atoms with Crippen molar-refractivity contribution in [1.29, 1.82) is 0 Å². The minimum atomic E-state index is 0.609. The summed E-state index contributed by atoms with van der Waals surface area (Å²) in [5.74, 6) is 0.609. The second-order valence-electron chi connectivity index (χ2n) is 14.0. The van der Waals surface area contributed by atoms with E-state index in [1.54, 1.807) is 0 Å². The number of benzene rings is 9. The summed E-state index contributed by atoms with van der Waals surface area (Å²) in [7, 11) is 0. The number of aromatic nitrogens is 2. The summed E-state index contributed by atoms with van der Waals surface area (Å²) < 4.78 is 8.79. The van der Waals surface area contributed by atoms with Crippen LogP contribution >= 0.6 is 0 Å². The monoisotopic (exact) mass is 703 g/mol. The molecule has 11 rings (SSSR count). The van der Waals surface area contributed by atoms with Crippen molar-refractivity contribution in [2.45, 2.75) is 0 Å². The SMILES string of the molecule is c1ccc(-n2c3ccccc3c3ccc(N(c4ccc(-c5ccc6ccccc6c5)cc4)c4ccc(-c5nc6ccc7ccccc7c6o5)cc4)cc32)cc1. The third-order valence-electron chi connectivity index (χ3n) is 10.8. The van der Waals surface area contributed by atoms with Gasteiger partial charge in [-0.3, -0.25) is 0 Å². The van der Waals surface area contributed by atoms with Gasteiger partial charge in [-0.2, -0.15) is 0 Å². The van der Waals surface area contributed by atoms with E-state index in [2.05, 4.69) is 191 Å². The Morgan fingerprint density at radius 3 is 1.80 bits per heavy atom. The molecule has 0 aliphatic heterocycles. The number of hydrogen-bond donors (Lipinski definition) is 0. The van der Waals surface area contributed by atoms with Gasteiger partial charge in [-0.05, 0) is 106 Å². The maximum Gasteiger partial charge on any atom is 0.227 e. The fourth-order valence-electron chi connectivity index (χ4n) is 8.10. The number of para-hydroxylation sites is 2. The summed E-state index contributed by atoms with van der Waals surface area (Å²) in [6, 6.07) is 71.2. The van der Waals surface area contributed by atoms with Gasteiger partial charge in [0.25, 0.3) is 0 Å². The molecule has 11 aromatic rings. The second kappa shape index (κ2) is 12.6. The number of hydrogen-bond acceptors (Lipinski definition) is 3. The smallest absolute Gasteiger partial charge is 0.227 e. The van der Waals surface area contributed by atoms with E-state index in [1.807, 2.05) is 18.2 Å². The summed E-state index contributed by atoms with van der Waals surface area (Å²) in [4.78, 5) is 7.23. The van der Waals surface area contributed by atoms with E-state index >= 15 is 0 Å². The molecular formula is C51H33N3O. The molecule has 0 unspecified atom stereocenters. The Morgan fingerprint density at radius 1 is 0.400 bits per heavy atom. The topological polar surface area (TPSA) is 34.2 Å². The molecule has 0 atom stereocenters. The van der Waals surface area contributed by atoms with E-state index in [0.717, 1.165) is 55.7 Å². The van der Waals surface area contributed by atoms with Crippen molar-refractivity contribution in [3.63, 3.8) is 0 Å². The van der Waals surface area contributed by atoms with Crippen LogP contribution < -0.4 is 4.90 Å². The molecule has 2 aromatic heterocycles. The van der Waals surface area contributed by atoms with Crippen LogP contribution in [-0.4, -0.2) is 9.55 Å². The summed E-state index contributed by atoms with van der Waals surface area (Å²) in [5.41, 5.74) is 11.6. The van der Waals surface area contributed by atoms with Gasteiger partial charge in [0.2, 0.25) is 5.89 Å². The van der Waals surface area contributed by atoms with Gasteiger partial charge in [0.1, 0.15) is 5.52 Å². The lowest BCUT2D eigenvalue weighted by Gasteiger charge is -2.26. The highest BCUT2D eigenvalue weighted by atomic mass is 16.3. The summed E-state index contributed by atoms with van der Waals surface area (Å²) >= 11 is 0. The number of rotatable bonds is 6. The van der Waals surface area contributed by atoms with Gasteiger partial charge in [-0.15, -0.1) is 0 Å². The van der Waals surface area contributed by atoms with Crippen molar-refractivity contribution in [3.05, 3.63) is 200 Å². The van der Waals surface area contributed by atoms with Crippen LogP contribution in [0.5, 0.6) is 0 Å². The second-order valence-corrected chi connectivity index (χ2v) is 14.0. The first-order valence-corrected chi connectivity index (χ1v) is 18.6. The largest absolute Gasteiger partial charge is 0.435 e. The third-order valence-corrected chi connectivity index (χ3v) is 10.8. The van der Waals surface area contributed by atoms with Crippen molar-refractivity contribution in [2.75, 3.05) is 4.90 Å². The van der Waals surface area contributed by atoms with Gasteiger partial charge < -0.3 is 13.9 Å². The van der Waals surface area contributed by atoms with Crippen LogP contribution in [0.15, 0.2) is 205 Å². The lowest BCUT2D eigenvalue weighted by atomic mass is 10.0. The Bertz CT molecular complexity index is 3190. The van der Waals surface area contributed by atoms with E-state index in [0.29, 0.717) is 5.89 Å². The molecule has 0 saturated heterocycles. The molecule has 258 valence electrons. The third kappa shape index (κ3) is 5.26. The lowest BCUT2D eigenvalue weighted by Crippen LogP contribution is -2.10. The molecule has 0 radical (unpaired) electrons. The van der Waals surface area contributed by atoms with Crippen LogP contribution in [0.4, 0.5) is 17.1 Å². The van der Waals surface area contributed by atoms with Crippen LogP contribution in [0.3, 0.4) is 0 Å². The quantitative estimate of drug-likeness (QED) is 0.173. The van der Waals surface area contributed by atoms with Crippen LogP contribution in [-0.2, 0) is 0 Å². The maximum atomic E-state index is 6.42. The summed E-state index contributed by atoms with van der Waals surface area (Å²) in [5, 5.41) is 7.13. The standard InChI is InChI=1S/C51H33N3O/c1-2-13-40(14-3-1)54-48-17-9-8-16-45(48)46-30-29-43(33-49(46)54)53(41-25-20-35(21-26-41)39-19-18-34-10-4-5-12-38(34)32-39)42-27-22-37(23-28-42)51-52-47-31-24-36-11-6-7-15-44(36)50(47)55-51/h1-33H. The first-order chi connectivity index (χ1) is 27.2. The Hall–Kier alpha value is -7.43. The van der Waals surface area contributed by atoms with E-state index in [4.69, 9.17) is 9.40 Å². The number of oxazole rings is 1. The average molecular weight is 704 g/mol. The van der Waals surface area contributed by atoms with E-state index < -0.39 is 0 Å². The van der Waals surface area contributed by atoms with Gasteiger partial charge in [-0.25, -0.2) is 4.98 Å². The minimum absolute atomic E-state index is 0.609. The minimum Gasteiger partial charge on any atom is -0.435 e. The van der Waals surface area contributed by atoms with Crippen molar-refractivity contribution < 1.29 is 4.42 Å². The first-order valence-electron chi connectivity index (χ1n) is 18.6. The Morgan fingerprint density at radius 2 is 1.00 bits per heavy atom. The molecule has 0 amide bonds. The highest BCUT2D eigenvalue weighted by Gasteiger charge is 2.19. The molecular weight excluding hydrogens is 671 g/mol. The van der Waals surface area contributed by atoms with Crippen LogP contribution in [0.1, 0.15) is 0 Å². The number of nitrogens with zero attached hydrogens (tertiary/aromatic N) is 3. The molecule has 0 aliphatic rings. The lowest BCUT2D eigenvalue weighted by molar-refractivity contribution is 0.623. The van der Waals surface area contributed by atoms with E-state index in [-0.39, 0.29) is 0 Å². The fraction of sp³-hybridized carbons (Fsp3) is 0. The van der Waals surface area contributed by atoms with Crippen LogP contribution in [0.2, 0.25) is 0 Å². The predicted octanol–water partition coefficient (Wildman–Crippen LogP) is 14.0. The average Bonchev–Trinajstić information content (AvgIpc) is 3.84. The predicted molar refractivity (Wildman–Crippen MR) is 229 cm³/mol. The van der Waals surface area contributed by atoms with Gasteiger partial charge in [0.05, 0.1) is 11.0 Å². The molecule has 4 heteroatoms. The van der Waals surface area contributed by atoms with Crippen molar-refractivity contribution in [2.24, 2.45) is 0 Å². The molecule has 0 aliphatic carbocycles. The summed E-state index contributed by atoms with van der Waals surface area (Å²) in [6.45, 7) is 0. The first kappa shape index (κ1) is 31.1. The molecule has 55 heavy (non-hydrogen) atoms. The highest BCUT2D eigenvalue weighted by Crippen LogP contribution is 2.41. The van der Waals surface area contributed by atoms with Gasteiger partial charge in [0, 0.05) is 44.5 Å². The Balaban J connectivity index is 1.05. The van der Waals surface area contributed by atoms with Crippen molar-refractivity contribution in [3.8, 4) is 28.3 Å². The number of anilines is 3. The highest BCUT2D eigenvalue weighted by molar-refractivity contribution is 6.10. The fourth-order valence-corrected chi connectivity index (χ4v) is 8.10. The molecule has 0 spiro atoms. The molecule has 0 saturated carbocycles. The molecule has 0 bridgehead atoms. The normalized spacial score (nSPS) is 11.6. The molecule has 2 heterocycles. The summed E-state index contributed by atoms with van der Waals surface area (Å²) in [6.07, 6.45) is 0. The van der Waals surface area contributed by atoms with Gasteiger partial charge in [-0.1, -0.05) is 121 Å². The molecule has 0 N–H and O–H groups in total. The number of fused-ring (bicyclic) bond motifs is 7. The van der Waals surface area contributed by atoms with Crippen LogP contribution in [0.25, 0.3) is 82.7 Å². The zero-order chi connectivity index (χ0) is 36.3. The molecule has 0 fully saturated rings.